The van der Waals surface area contributed by atoms with Crippen LogP contribution in [0.3, 0.4) is 0 Å². The Balaban J connectivity index is 3.13. The molecule has 1 heterocycles. The molecule has 0 atom stereocenters. The monoisotopic (exact) mass is 184 g/mol. The van der Waals surface area contributed by atoms with Gasteiger partial charge in [-0.2, -0.15) is 0 Å². The van der Waals surface area contributed by atoms with Crippen LogP contribution in [-0.4, -0.2) is 24.2 Å². The van der Waals surface area contributed by atoms with E-state index < -0.39 is 0 Å². The van der Waals surface area contributed by atoms with Gasteiger partial charge in [0.2, 0.25) is 5.75 Å². The van der Waals surface area contributed by atoms with Gasteiger partial charge in [0.15, 0.2) is 0 Å². The maximum atomic E-state index is 11.3. The van der Waals surface area contributed by atoms with E-state index in [1.807, 2.05) is 0 Å². The summed E-state index contributed by atoms with van der Waals surface area (Å²) in [5, 5.41) is 0. The molecule has 0 saturated heterocycles. The number of aromatic nitrogens is 2. The van der Waals surface area contributed by atoms with Crippen LogP contribution in [0, 0.1) is 6.92 Å². The Morgan fingerprint density at radius 2 is 2.15 bits per heavy atom. The molecule has 0 aliphatic heterocycles. The molecule has 0 fully saturated rings. The van der Waals surface area contributed by atoms with Crippen molar-refractivity contribution in [3.63, 3.8) is 0 Å². The minimum absolute atomic E-state index is 0.250. The van der Waals surface area contributed by atoms with Crippen molar-refractivity contribution < 1.29 is 9.47 Å². The quantitative estimate of drug-likeness (QED) is 0.730. The summed E-state index contributed by atoms with van der Waals surface area (Å²) in [6, 6.07) is 0. The second-order valence-electron chi connectivity index (χ2n) is 2.56. The highest BCUT2D eigenvalue weighted by atomic mass is 16.5. The molecule has 0 bridgehead atoms. The molecule has 0 aliphatic rings. The summed E-state index contributed by atoms with van der Waals surface area (Å²) >= 11 is 0. The van der Waals surface area contributed by atoms with E-state index in [1.165, 1.54) is 7.11 Å². The molecule has 5 nitrogen and oxygen atoms in total. The molecule has 0 spiro atoms. The van der Waals surface area contributed by atoms with Crippen LogP contribution in [0.25, 0.3) is 0 Å². The fraction of sp³-hybridized carbons (Fsp3) is 0.500. The summed E-state index contributed by atoms with van der Waals surface area (Å²) in [7, 11) is 2.98. The van der Waals surface area contributed by atoms with Gasteiger partial charge >= 0.3 is 0 Å². The van der Waals surface area contributed by atoms with E-state index in [-0.39, 0.29) is 11.3 Å². The van der Waals surface area contributed by atoms with E-state index in [1.54, 1.807) is 14.0 Å². The van der Waals surface area contributed by atoms with E-state index >= 15 is 0 Å². The summed E-state index contributed by atoms with van der Waals surface area (Å²) in [6.45, 7) is 2.01. The van der Waals surface area contributed by atoms with Gasteiger partial charge in [0, 0.05) is 7.11 Å². The van der Waals surface area contributed by atoms with Crippen LogP contribution in [0.5, 0.6) is 5.75 Å². The van der Waals surface area contributed by atoms with Crippen LogP contribution in [-0.2, 0) is 11.3 Å². The predicted octanol–water partition coefficient (Wildman–Crippen LogP) is 0.233. The lowest BCUT2D eigenvalue weighted by molar-refractivity contribution is 0.177. The fourth-order valence-corrected chi connectivity index (χ4v) is 1.08. The Kier molecular flexibility index (Phi) is 3.02. The number of ether oxygens (including phenoxy) is 2. The number of nitrogens with one attached hydrogen (secondary N) is 1. The first kappa shape index (κ1) is 9.73. The van der Waals surface area contributed by atoms with E-state index in [0.717, 1.165) is 0 Å². The zero-order valence-corrected chi connectivity index (χ0v) is 7.88. The lowest BCUT2D eigenvalue weighted by Crippen LogP contribution is -2.16. The molecule has 0 saturated carbocycles. The van der Waals surface area contributed by atoms with Crippen molar-refractivity contribution in [1.82, 2.24) is 9.97 Å². The highest BCUT2D eigenvalue weighted by molar-refractivity contribution is 5.23. The Morgan fingerprint density at radius 1 is 1.46 bits per heavy atom. The summed E-state index contributed by atoms with van der Waals surface area (Å²) in [5.74, 6) is 0.755. The van der Waals surface area contributed by atoms with Gasteiger partial charge in [0.1, 0.15) is 12.4 Å². The van der Waals surface area contributed by atoms with Crippen molar-refractivity contribution in [3.8, 4) is 5.75 Å². The second kappa shape index (κ2) is 4.04. The molecule has 1 aromatic heterocycles. The molecule has 0 aromatic carbocycles. The zero-order chi connectivity index (χ0) is 9.84. The Labute approximate surface area is 75.7 Å². The van der Waals surface area contributed by atoms with Crippen LogP contribution >= 0.6 is 0 Å². The molecule has 1 N–H and O–H groups in total. The van der Waals surface area contributed by atoms with E-state index in [4.69, 9.17) is 9.47 Å². The lowest BCUT2D eigenvalue weighted by Gasteiger charge is -2.04. The van der Waals surface area contributed by atoms with Gasteiger partial charge in [0.05, 0.1) is 12.8 Å². The van der Waals surface area contributed by atoms with E-state index in [9.17, 15) is 4.79 Å². The maximum absolute atomic E-state index is 11.3. The first-order chi connectivity index (χ1) is 6.19. The predicted molar refractivity (Wildman–Crippen MR) is 46.9 cm³/mol. The normalized spacial score (nSPS) is 10.1. The van der Waals surface area contributed by atoms with E-state index in [2.05, 4.69) is 9.97 Å². The number of aryl methyl sites for hydroxylation is 1. The van der Waals surface area contributed by atoms with Gasteiger partial charge in [-0.15, -0.1) is 0 Å². The lowest BCUT2D eigenvalue weighted by atomic mass is 10.4. The van der Waals surface area contributed by atoms with Crippen molar-refractivity contribution in [2.75, 3.05) is 14.2 Å². The molecule has 72 valence electrons. The third kappa shape index (κ3) is 2.06. The van der Waals surface area contributed by atoms with Gasteiger partial charge in [0.25, 0.3) is 5.56 Å². The first-order valence-corrected chi connectivity index (χ1v) is 3.81. The van der Waals surface area contributed by atoms with Crippen LogP contribution in [0.1, 0.15) is 11.5 Å². The average molecular weight is 184 g/mol. The van der Waals surface area contributed by atoms with Gasteiger partial charge < -0.3 is 14.5 Å². The molecule has 1 aromatic rings. The second-order valence-corrected chi connectivity index (χ2v) is 2.56. The molecule has 13 heavy (non-hydrogen) atoms. The zero-order valence-electron chi connectivity index (χ0n) is 7.88. The largest absolute Gasteiger partial charge is 0.490 e. The molecule has 0 aliphatic carbocycles. The molecular formula is C8H12N2O3. The summed E-state index contributed by atoms with van der Waals surface area (Å²) in [5.41, 5.74) is 0.292. The Hall–Kier alpha value is -1.36. The van der Waals surface area contributed by atoms with Gasteiger partial charge in [-0.05, 0) is 6.92 Å². The summed E-state index contributed by atoms with van der Waals surface area (Å²) in [6.07, 6.45) is 0. The fourth-order valence-electron chi connectivity index (χ4n) is 1.08. The molecule has 0 radical (unpaired) electrons. The number of methoxy groups -OCH3 is 2. The van der Waals surface area contributed by atoms with Crippen molar-refractivity contribution in [2.24, 2.45) is 0 Å². The number of hydrogen-bond donors (Lipinski definition) is 1. The number of rotatable bonds is 3. The van der Waals surface area contributed by atoms with E-state index in [0.29, 0.717) is 18.1 Å². The van der Waals surface area contributed by atoms with Crippen LogP contribution in [0.4, 0.5) is 0 Å². The molecular weight excluding hydrogens is 172 g/mol. The van der Waals surface area contributed by atoms with Gasteiger partial charge in [-0.25, -0.2) is 4.98 Å². The third-order valence-corrected chi connectivity index (χ3v) is 1.58. The van der Waals surface area contributed by atoms with Crippen LogP contribution in [0.15, 0.2) is 4.79 Å². The molecule has 1 rings (SSSR count). The molecule has 5 heteroatoms. The average Bonchev–Trinajstić information content (AvgIpc) is 2.04. The maximum Gasteiger partial charge on any atom is 0.293 e. The van der Waals surface area contributed by atoms with Gasteiger partial charge in [-0.1, -0.05) is 0 Å². The number of aromatic amines is 1. The Morgan fingerprint density at radius 3 is 2.62 bits per heavy atom. The van der Waals surface area contributed by atoms with Gasteiger partial charge in [-0.3, -0.25) is 4.79 Å². The van der Waals surface area contributed by atoms with Crippen molar-refractivity contribution in [2.45, 2.75) is 13.5 Å². The van der Waals surface area contributed by atoms with Crippen molar-refractivity contribution in [3.05, 3.63) is 21.9 Å². The minimum atomic E-state index is -0.276. The smallest absolute Gasteiger partial charge is 0.293 e. The van der Waals surface area contributed by atoms with Crippen LogP contribution in [0.2, 0.25) is 0 Å². The third-order valence-electron chi connectivity index (χ3n) is 1.58. The minimum Gasteiger partial charge on any atom is -0.490 e. The topological polar surface area (TPSA) is 64.2 Å². The van der Waals surface area contributed by atoms with Crippen molar-refractivity contribution >= 4 is 0 Å². The van der Waals surface area contributed by atoms with Crippen LogP contribution < -0.4 is 10.3 Å². The number of nitrogens with zero attached hydrogens (tertiary/aromatic N) is 1. The summed E-state index contributed by atoms with van der Waals surface area (Å²) in [4.78, 5) is 17.9. The highest BCUT2D eigenvalue weighted by Crippen LogP contribution is 2.06. The first-order valence-electron chi connectivity index (χ1n) is 3.81. The SMILES string of the molecule is COCc1nc(C)c(OC)c(=O)[nH]1. The van der Waals surface area contributed by atoms with Crippen molar-refractivity contribution in [1.29, 1.82) is 0 Å². The highest BCUT2D eigenvalue weighted by Gasteiger charge is 2.06. The number of hydrogen-bond acceptors (Lipinski definition) is 4. The summed E-state index contributed by atoms with van der Waals surface area (Å²) < 4.78 is 9.70. The Bertz CT molecular complexity index is 346. The standard InChI is InChI=1S/C8H12N2O3/c1-5-7(13-3)8(11)10-6(9-5)4-12-2/h4H2,1-3H3,(H,9,10,11). The molecule has 0 amide bonds. The number of H-pyrrole nitrogens is 1. The molecule has 0 unspecified atom stereocenters.